The highest BCUT2D eigenvalue weighted by atomic mass is 16.5. The van der Waals surface area contributed by atoms with E-state index in [1.807, 2.05) is 18.2 Å². The monoisotopic (exact) mass is 317 g/mol. The third-order valence-corrected chi connectivity index (χ3v) is 4.66. The van der Waals surface area contributed by atoms with E-state index >= 15 is 0 Å². The average Bonchev–Trinajstić information content (AvgIpc) is 2.90. The Balaban J connectivity index is 1.42. The van der Waals surface area contributed by atoms with Crippen molar-refractivity contribution in [3.8, 4) is 5.88 Å². The molecule has 6 heteroatoms. The fourth-order valence-corrected chi connectivity index (χ4v) is 3.27. The number of carbonyl (C=O) groups is 2. The van der Waals surface area contributed by atoms with E-state index < -0.39 is 0 Å². The maximum absolute atomic E-state index is 12.2. The quantitative estimate of drug-likeness (QED) is 0.910. The molecule has 1 unspecified atom stereocenters. The van der Waals surface area contributed by atoms with E-state index in [1.54, 1.807) is 18.1 Å². The van der Waals surface area contributed by atoms with Crippen molar-refractivity contribution in [2.24, 2.45) is 5.92 Å². The van der Waals surface area contributed by atoms with Crippen molar-refractivity contribution in [3.63, 3.8) is 0 Å². The number of aromatic nitrogens is 1. The first-order chi connectivity index (χ1) is 11.1. The number of hydrogen-bond donors (Lipinski definition) is 1. The number of carbonyl (C=O) groups excluding carboxylic acids is 2. The summed E-state index contributed by atoms with van der Waals surface area (Å²) in [5.41, 5.74) is 0. The third kappa shape index (κ3) is 4.00. The van der Waals surface area contributed by atoms with Crippen LogP contribution in [0.3, 0.4) is 0 Å². The van der Waals surface area contributed by atoms with Gasteiger partial charge in [-0.15, -0.1) is 0 Å². The van der Waals surface area contributed by atoms with Crippen molar-refractivity contribution >= 4 is 11.8 Å². The third-order valence-electron chi connectivity index (χ3n) is 4.66. The van der Waals surface area contributed by atoms with Gasteiger partial charge in [0.25, 0.3) is 0 Å². The van der Waals surface area contributed by atoms with Crippen molar-refractivity contribution in [3.05, 3.63) is 24.4 Å². The number of amides is 2. The molecule has 3 rings (SSSR count). The molecule has 124 valence electrons. The molecule has 1 aliphatic carbocycles. The lowest BCUT2D eigenvalue weighted by molar-refractivity contribution is -0.128. The van der Waals surface area contributed by atoms with Crippen LogP contribution >= 0.6 is 0 Å². The van der Waals surface area contributed by atoms with Gasteiger partial charge in [0.1, 0.15) is 6.10 Å². The number of ether oxygens (including phenoxy) is 1. The molecular formula is C17H23N3O3. The minimum Gasteiger partial charge on any atom is -0.474 e. The molecule has 1 aliphatic heterocycles. The van der Waals surface area contributed by atoms with Gasteiger partial charge in [-0.1, -0.05) is 6.07 Å². The molecule has 2 amide bonds. The molecule has 2 aliphatic rings. The van der Waals surface area contributed by atoms with Gasteiger partial charge >= 0.3 is 0 Å². The topological polar surface area (TPSA) is 71.5 Å². The molecule has 1 N–H and O–H groups in total. The van der Waals surface area contributed by atoms with Crippen molar-refractivity contribution in [1.29, 1.82) is 0 Å². The molecule has 0 spiro atoms. The first-order valence-corrected chi connectivity index (χ1v) is 8.24. The zero-order valence-electron chi connectivity index (χ0n) is 13.4. The Morgan fingerprint density at radius 2 is 2.09 bits per heavy atom. The average molecular weight is 317 g/mol. The maximum atomic E-state index is 12.2. The minimum atomic E-state index is -0.199. The van der Waals surface area contributed by atoms with E-state index in [2.05, 4.69) is 10.3 Å². The molecule has 2 heterocycles. The van der Waals surface area contributed by atoms with Crippen LogP contribution in [0.5, 0.6) is 5.88 Å². The first kappa shape index (κ1) is 15.8. The van der Waals surface area contributed by atoms with E-state index in [4.69, 9.17) is 4.74 Å². The van der Waals surface area contributed by atoms with E-state index in [-0.39, 0.29) is 29.9 Å². The van der Waals surface area contributed by atoms with Crippen LogP contribution in [0.15, 0.2) is 24.4 Å². The van der Waals surface area contributed by atoms with Crippen LogP contribution in [-0.4, -0.2) is 47.4 Å². The predicted octanol–water partition coefficient (Wildman–Crippen LogP) is 1.37. The molecule has 23 heavy (non-hydrogen) atoms. The number of likely N-dealkylation sites (tertiary alicyclic amines) is 1. The van der Waals surface area contributed by atoms with Gasteiger partial charge in [0, 0.05) is 38.3 Å². The first-order valence-electron chi connectivity index (χ1n) is 8.24. The zero-order chi connectivity index (χ0) is 16.2. The summed E-state index contributed by atoms with van der Waals surface area (Å²) >= 11 is 0. The van der Waals surface area contributed by atoms with Crippen molar-refractivity contribution in [2.75, 3.05) is 13.6 Å². The summed E-state index contributed by atoms with van der Waals surface area (Å²) in [6, 6.07) is 5.83. The molecule has 0 aromatic carbocycles. The van der Waals surface area contributed by atoms with Crippen LogP contribution in [0.4, 0.5) is 0 Å². The highest BCUT2D eigenvalue weighted by Crippen LogP contribution is 2.24. The van der Waals surface area contributed by atoms with E-state index in [0.29, 0.717) is 18.8 Å². The van der Waals surface area contributed by atoms with Crippen LogP contribution in [0.2, 0.25) is 0 Å². The van der Waals surface area contributed by atoms with E-state index in [1.165, 1.54) is 0 Å². The molecule has 1 saturated carbocycles. The van der Waals surface area contributed by atoms with Crippen LogP contribution < -0.4 is 10.1 Å². The van der Waals surface area contributed by atoms with Crippen LogP contribution in [0, 0.1) is 5.92 Å². The molecule has 1 atom stereocenters. The lowest BCUT2D eigenvalue weighted by Crippen LogP contribution is -2.42. The van der Waals surface area contributed by atoms with Gasteiger partial charge in [0.05, 0.1) is 5.92 Å². The summed E-state index contributed by atoms with van der Waals surface area (Å²) in [5.74, 6) is 0.525. The summed E-state index contributed by atoms with van der Waals surface area (Å²) in [5, 5.41) is 3.10. The smallest absolute Gasteiger partial charge is 0.225 e. The Morgan fingerprint density at radius 1 is 1.30 bits per heavy atom. The zero-order valence-corrected chi connectivity index (χ0v) is 13.4. The largest absolute Gasteiger partial charge is 0.474 e. The van der Waals surface area contributed by atoms with Gasteiger partial charge in [-0.3, -0.25) is 9.59 Å². The number of nitrogens with zero attached hydrogens (tertiary/aromatic N) is 2. The fourth-order valence-electron chi connectivity index (χ4n) is 3.27. The maximum Gasteiger partial charge on any atom is 0.225 e. The molecular weight excluding hydrogens is 294 g/mol. The van der Waals surface area contributed by atoms with Crippen molar-refractivity contribution in [1.82, 2.24) is 15.2 Å². The summed E-state index contributed by atoms with van der Waals surface area (Å²) in [7, 11) is 1.75. The highest BCUT2D eigenvalue weighted by molar-refractivity contribution is 5.89. The van der Waals surface area contributed by atoms with Gasteiger partial charge in [-0.05, 0) is 31.7 Å². The highest BCUT2D eigenvalue weighted by Gasteiger charge is 2.33. The molecule has 2 fully saturated rings. The second kappa shape index (κ2) is 6.98. The van der Waals surface area contributed by atoms with Gasteiger partial charge in [0.2, 0.25) is 17.7 Å². The van der Waals surface area contributed by atoms with Gasteiger partial charge < -0.3 is 15.0 Å². The lowest BCUT2D eigenvalue weighted by atomic mass is 9.92. The SMILES string of the molecule is CN1CC(C(=O)NC2CCC(Oc3ccccn3)CC2)CC1=O. The minimum absolute atomic E-state index is 0.0109. The number of nitrogens with one attached hydrogen (secondary N) is 1. The summed E-state index contributed by atoms with van der Waals surface area (Å²) < 4.78 is 5.86. The normalized spacial score (nSPS) is 27.8. The van der Waals surface area contributed by atoms with E-state index in [9.17, 15) is 9.59 Å². The second-order valence-electron chi connectivity index (χ2n) is 6.44. The number of rotatable bonds is 4. The molecule has 0 bridgehead atoms. The van der Waals surface area contributed by atoms with E-state index in [0.717, 1.165) is 25.7 Å². The Hall–Kier alpha value is -2.11. The molecule has 1 aromatic rings. The summed E-state index contributed by atoms with van der Waals surface area (Å²) in [6.07, 6.45) is 5.84. The fraction of sp³-hybridized carbons (Fsp3) is 0.588. The Morgan fingerprint density at radius 3 is 2.70 bits per heavy atom. The van der Waals surface area contributed by atoms with Crippen molar-refractivity contribution in [2.45, 2.75) is 44.2 Å². The molecule has 0 radical (unpaired) electrons. The van der Waals surface area contributed by atoms with Gasteiger partial charge in [0.15, 0.2) is 0 Å². The number of pyridine rings is 1. The summed E-state index contributed by atoms with van der Waals surface area (Å²) in [6.45, 7) is 0.531. The molecule has 1 saturated heterocycles. The second-order valence-corrected chi connectivity index (χ2v) is 6.44. The van der Waals surface area contributed by atoms with Crippen LogP contribution in [0.25, 0.3) is 0 Å². The van der Waals surface area contributed by atoms with Gasteiger partial charge in [-0.2, -0.15) is 0 Å². The molecule has 1 aromatic heterocycles. The number of hydrogen-bond acceptors (Lipinski definition) is 4. The van der Waals surface area contributed by atoms with Crippen LogP contribution in [0.1, 0.15) is 32.1 Å². The van der Waals surface area contributed by atoms with Crippen LogP contribution in [-0.2, 0) is 9.59 Å². The summed E-state index contributed by atoms with van der Waals surface area (Å²) in [4.78, 5) is 29.6. The lowest BCUT2D eigenvalue weighted by Gasteiger charge is -2.29. The van der Waals surface area contributed by atoms with Crippen molar-refractivity contribution < 1.29 is 14.3 Å². The Labute approximate surface area is 136 Å². The standard InChI is InChI=1S/C17H23N3O3/c1-20-11-12(10-16(20)21)17(22)19-13-5-7-14(8-6-13)23-15-4-2-3-9-18-15/h2-4,9,12-14H,5-8,10-11H2,1H3,(H,19,22). The molecule has 6 nitrogen and oxygen atoms in total. The Bertz CT molecular complexity index is 555. The van der Waals surface area contributed by atoms with Gasteiger partial charge in [-0.25, -0.2) is 4.98 Å². The predicted molar refractivity (Wildman–Crippen MR) is 84.8 cm³/mol. The Kier molecular flexibility index (Phi) is 4.79.